The fourth-order valence-electron chi connectivity index (χ4n) is 2.42. The van der Waals surface area contributed by atoms with Crippen molar-refractivity contribution in [1.82, 2.24) is 14.9 Å². The molecular formula is C13H17ClN4O2. The molecule has 1 aromatic rings. The third kappa shape index (κ3) is 2.24. The Hall–Kier alpha value is -1.69. The molecule has 1 aliphatic rings. The highest BCUT2D eigenvalue weighted by Gasteiger charge is 2.42. The number of piperazine rings is 1. The molecule has 1 aliphatic heterocycles. The Bertz CT molecular complexity index is 574. The van der Waals surface area contributed by atoms with E-state index in [1.165, 1.54) is 0 Å². The Morgan fingerprint density at radius 2 is 1.95 bits per heavy atom. The largest absolute Gasteiger partial charge is 0.342 e. The number of likely N-dealkylation sites (N-methyl/N-ethyl adjacent to an activating group) is 1. The zero-order valence-electron chi connectivity index (χ0n) is 12.0. The van der Waals surface area contributed by atoms with Crippen molar-refractivity contribution in [2.45, 2.75) is 26.3 Å². The molecule has 0 aromatic carbocycles. The first-order valence-corrected chi connectivity index (χ1v) is 6.69. The number of halogens is 1. The maximum atomic E-state index is 12.3. The summed E-state index contributed by atoms with van der Waals surface area (Å²) in [5, 5.41) is 0.115. The SMILES string of the molecule is Cc1nc(Cl)c(C=O)c(N2CCN(C)C(=O)C2(C)C)n1. The van der Waals surface area contributed by atoms with Crippen LogP contribution in [0.3, 0.4) is 0 Å². The van der Waals surface area contributed by atoms with E-state index in [9.17, 15) is 9.59 Å². The summed E-state index contributed by atoms with van der Waals surface area (Å²) in [6, 6.07) is 0. The van der Waals surface area contributed by atoms with E-state index in [0.29, 0.717) is 31.0 Å². The van der Waals surface area contributed by atoms with Crippen molar-refractivity contribution in [2.75, 3.05) is 25.0 Å². The molecule has 1 fully saturated rings. The summed E-state index contributed by atoms with van der Waals surface area (Å²) in [5.74, 6) is 0.870. The number of amides is 1. The van der Waals surface area contributed by atoms with Gasteiger partial charge in [0.05, 0.1) is 5.56 Å². The van der Waals surface area contributed by atoms with Crippen LogP contribution in [0.25, 0.3) is 0 Å². The lowest BCUT2D eigenvalue weighted by Gasteiger charge is -2.45. The van der Waals surface area contributed by atoms with Crippen molar-refractivity contribution in [1.29, 1.82) is 0 Å². The van der Waals surface area contributed by atoms with Crippen LogP contribution in [-0.4, -0.2) is 52.7 Å². The van der Waals surface area contributed by atoms with Gasteiger partial charge in [-0.3, -0.25) is 9.59 Å². The van der Waals surface area contributed by atoms with Crippen LogP contribution < -0.4 is 4.90 Å². The normalized spacial score (nSPS) is 18.4. The van der Waals surface area contributed by atoms with Crippen LogP contribution >= 0.6 is 11.6 Å². The molecule has 0 N–H and O–H groups in total. The number of aldehydes is 1. The third-order valence-corrected chi connectivity index (χ3v) is 3.86. The van der Waals surface area contributed by atoms with Crippen molar-refractivity contribution in [2.24, 2.45) is 0 Å². The number of carbonyl (C=O) groups is 2. The minimum atomic E-state index is -0.783. The second kappa shape index (κ2) is 5.01. The topological polar surface area (TPSA) is 66.4 Å². The summed E-state index contributed by atoms with van der Waals surface area (Å²) in [5.41, 5.74) is -0.558. The summed E-state index contributed by atoms with van der Waals surface area (Å²) < 4.78 is 0. The molecule has 0 saturated carbocycles. The predicted octanol–water partition coefficient (Wildman–Crippen LogP) is 1.31. The van der Waals surface area contributed by atoms with Crippen molar-refractivity contribution < 1.29 is 9.59 Å². The predicted molar refractivity (Wildman–Crippen MR) is 76.2 cm³/mol. The number of aromatic nitrogens is 2. The Morgan fingerprint density at radius 1 is 1.30 bits per heavy atom. The molecule has 0 bridgehead atoms. The third-order valence-electron chi connectivity index (χ3n) is 3.57. The highest BCUT2D eigenvalue weighted by atomic mass is 35.5. The molecule has 0 spiro atoms. The quantitative estimate of drug-likeness (QED) is 0.608. The molecule has 108 valence electrons. The zero-order chi connectivity index (χ0) is 15.1. The van der Waals surface area contributed by atoms with Gasteiger partial charge in [0.15, 0.2) is 6.29 Å². The number of nitrogens with zero attached hydrogens (tertiary/aromatic N) is 4. The molecule has 20 heavy (non-hydrogen) atoms. The summed E-state index contributed by atoms with van der Waals surface area (Å²) in [6.07, 6.45) is 0.635. The Labute approximate surface area is 122 Å². The molecule has 1 saturated heterocycles. The Morgan fingerprint density at radius 3 is 2.55 bits per heavy atom. The average molecular weight is 297 g/mol. The molecule has 1 amide bonds. The second-order valence-electron chi connectivity index (χ2n) is 5.35. The number of carbonyl (C=O) groups excluding carboxylic acids is 2. The van der Waals surface area contributed by atoms with Gasteiger partial charge in [0, 0.05) is 20.1 Å². The molecule has 2 rings (SSSR count). The van der Waals surface area contributed by atoms with Crippen molar-refractivity contribution in [3.63, 3.8) is 0 Å². The zero-order valence-corrected chi connectivity index (χ0v) is 12.7. The van der Waals surface area contributed by atoms with Crippen LogP contribution in [0.4, 0.5) is 5.82 Å². The monoisotopic (exact) mass is 296 g/mol. The van der Waals surface area contributed by atoms with Crippen LogP contribution in [0, 0.1) is 6.92 Å². The first kappa shape index (κ1) is 14.7. The first-order valence-electron chi connectivity index (χ1n) is 6.31. The lowest BCUT2D eigenvalue weighted by Crippen LogP contribution is -2.62. The lowest BCUT2D eigenvalue weighted by molar-refractivity contribution is -0.136. The van der Waals surface area contributed by atoms with Gasteiger partial charge in [-0.1, -0.05) is 11.6 Å². The minimum absolute atomic E-state index is 0.0204. The average Bonchev–Trinajstić information content (AvgIpc) is 2.35. The van der Waals surface area contributed by atoms with Gasteiger partial charge >= 0.3 is 0 Å². The number of aryl methyl sites for hydroxylation is 1. The van der Waals surface area contributed by atoms with E-state index in [4.69, 9.17) is 11.6 Å². The molecule has 0 aliphatic carbocycles. The van der Waals surface area contributed by atoms with Crippen LogP contribution in [0.15, 0.2) is 0 Å². The highest BCUT2D eigenvalue weighted by Crippen LogP contribution is 2.31. The van der Waals surface area contributed by atoms with E-state index in [0.717, 1.165) is 0 Å². The van der Waals surface area contributed by atoms with E-state index < -0.39 is 5.54 Å². The minimum Gasteiger partial charge on any atom is -0.342 e. The van der Waals surface area contributed by atoms with Gasteiger partial charge in [-0.15, -0.1) is 0 Å². The maximum Gasteiger partial charge on any atom is 0.247 e. The smallest absolute Gasteiger partial charge is 0.247 e. The molecule has 0 radical (unpaired) electrons. The van der Waals surface area contributed by atoms with Gasteiger partial charge in [0.2, 0.25) is 5.91 Å². The molecule has 6 nitrogen and oxygen atoms in total. The second-order valence-corrected chi connectivity index (χ2v) is 5.71. The van der Waals surface area contributed by atoms with Gasteiger partial charge in [0.1, 0.15) is 22.3 Å². The number of hydrogen-bond acceptors (Lipinski definition) is 5. The Kier molecular flexibility index (Phi) is 3.69. The lowest BCUT2D eigenvalue weighted by atomic mass is 9.97. The number of hydrogen-bond donors (Lipinski definition) is 0. The van der Waals surface area contributed by atoms with Crippen molar-refractivity contribution >= 4 is 29.6 Å². The Balaban J connectivity index is 2.56. The fourth-order valence-corrected chi connectivity index (χ4v) is 2.68. The molecular weight excluding hydrogens is 280 g/mol. The summed E-state index contributed by atoms with van der Waals surface area (Å²) in [6.45, 7) is 6.48. The standard InChI is InChI=1S/C13H17ClN4O2/c1-8-15-10(14)9(7-19)11(16-8)18-6-5-17(4)12(20)13(18,2)3/h7H,5-6H2,1-4H3. The van der Waals surface area contributed by atoms with Gasteiger partial charge in [-0.05, 0) is 20.8 Å². The van der Waals surface area contributed by atoms with E-state index in [2.05, 4.69) is 9.97 Å². The molecule has 1 aromatic heterocycles. The van der Waals surface area contributed by atoms with Gasteiger partial charge < -0.3 is 9.80 Å². The van der Waals surface area contributed by atoms with E-state index in [-0.39, 0.29) is 16.6 Å². The van der Waals surface area contributed by atoms with E-state index in [1.54, 1.807) is 18.9 Å². The van der Waals surface area contributed by atoms with Gasteiger partial charge in [-0.25, -0.2) is 9.97 Å². The van der Waals surface area contributed by atoms with E-state index >= 15 is 0 Å². The summed E-state index contributed by atoms with van der Waals surface area (Å²) >= 11 is 6.01. The van der Waals surface area contributed by atoms with Crippen molar-refractivity contribution in [3.05, 3.63) is 16.5 Å². The van der Waals surface area contributed by atoms with Crippen LogP contribution in [0.5, 0.6) is 0 Å². The number of rotatable bonds is 2. The van der Waals surface area contributed by atoms with Crippen molar-refractivity contribution in [3.8, 4) is 0 Å². The number of anilines is 1. The molecule has 0 unspecified atom stereocenters. The van der Waals surface area contributed by atoms with Crippen LogP contribution in [-0.2, 0) is 4.79 Å². The van der Waals surface area contributed by atoms with Crippen LogP contribution in [0.2, 0.25) is 5.15 Å². The molecule has 0 atom stereocenters. The fraction of sp³-hybridized carbons (Fsp3) is 0.538. The molecule has 7 heteroatoms. The maximum absolute atomic E-state index is 12.3. The summed E-state index contributed by atoms with van der Waals surface area (Å²) in [7, 11) is 1.76. The highest BCUT2D eigenvalue weighted by molar-refractivity contribution is 6.32. The van der Waals surface area contributed by atoms with Gasteiger partial charge in [0.25, 0.3) is 0 Å². The first-order chi connectivity index (χ1) is 9.28. The summed E-state index contributed by atoms with van der Waals surface area (Å²) in [4.78, 5) is 35.4. The van der Waals surface area contributed by atoms with E-state index in [1.807, 2.05) is 18.7 Å². The van der Waals surface area contributed by atoms with Crippen LogP contribution in [0.1, 0.15) is 30.0 Å². The molecule has 2 heterocycles. The van der Waals surface area contributed by atoms with Gasteiger partial charge in [-0.2, -0.15) is 0 Å².